The zero-order valence-electron chi connectivity index (χ0n) is 23.4. The van der Waals surface area contributed by atoms with E-state index in [1.807, 2.05) is 0 Å². The van der Waals surface area contributed by atoms with Crippen molar-refractivity contribution in [3.05, 3.63) is 0 Å². The maximum atomic E-state index is 11.8. The third-order valence-electron chi connectivity index (χ3n) is 6.36. The Morgan fingerprint density at radius 1 is 0.743 bits per heavy atom. The van der Waals surface area contributed by atoms with Crippen LogP contribution in [0.25, 0.3) is 0 Å². The third-order valence-corrected chi connectivity index (χ3v) is 7.67. The predicted octanol–water partition coefficient (Wildman–Crippen LogP) is 8.36. The largest absolute Gasteiger partial charge is 0.525 e. The van der Waals surface area contributed by atoms with E-state index in [-0.39, 0.29) is 12.3 Å². The van der Waals surface area contributed by atoms with E-state index in [2.05, 4.69) is 19.1 Å². The van der Waals surface area contributed by atoms with Crippen LogP contribution in [-0.4, -0.2) is 46.9 Å². The third kappa shape index (κ3) is 33.5. The summed E-state index contributed by atoms with van der Waals surface area (Å²) in [6.07, 6.45) is 26.5. The Morgan fingerprint density at radius 2 is 1.14 bits per heavy atom. The highest BCUT2D eigenvalue weighted by atomic mass is 32.1. The van der Waals surface area contributed by atoms with Crippen molar-refractivity contribution in [1.82, 2.24) is 0 Å². The first-order valence-corrected chi connectivity index (χ1v) is 16.5. The Hall–Kier alpha value is -0.503. The van der Waals surface area contributed by atoms with Gasteiger partial charge in [-0.2, -0.15) is 0 Å². The van der Waals surface area contributed by atoms with Crippen molar-refractivity contribution in [2.24, 2.45) is 0 Å². The maximum absolute atomic E-state index is 11.8. The van der Waals surface area contributed by atoms with Crippen LogP contribution in [0.5, 0.6) is 0 Å². The van der Waals surface area contributed by atoms with E-state index in [1.165, 1.54) is 122 Å². The van der Waals surface area contributed by atoms with Crippen LogP contribution in [0.2, 0.25) is 6.04 Å². The van der Waals surface area contributed by atoms with Crippen molar-refractivity contribution in [3.63, 3.8) is 0 Å². The number of aliphatic hydroxyl groups is 1. The minimum atomic E-state index is -0.600. The van der Waals surface area contributed by atoms with Gasteiger partial charge in [-0.05, 0) is 37.5 Å². The average Bonchev–Trinajstić information content (AvgIpc) is 2.86. The van der Waals surface area contributed by atoms with Gasteiger partial charge in [0, 0.05) is 20.6 Å². The van der Waals surface area contributed by atoms with Crippen LogP contribution in [0.3, 0.4) is 0 Å². The highest BCUT2D eigenvalue weighted by molar-refractivity contribution is 7.78. The van der Waals surface area contributed by atoms with Crippen LogP contribution in [-0.2, 0) is 18.7 Å². The Labute approximate surface area is 225 Å². The molecule has 0 fully saturated rings. The van der Waals surface area contributed by atoms with E-state index in [1.54, 1.807) is 14.2 Å². The number of carbonyl (C=O) groups is 1. The molecule has 0 spiro atoms. The molecule has 35 heavy (non-hydrogen) atoms. The van der Waals surface area contributed by atoms with Crippen molar-refractivity contribution in [2.75, 3.05) is 14.2 Å². The van der Waals surface area contributed by atoms with Gasteiger partial charge >= 0.3 is 0 Å². The smallest absolute Gasteiger partial charge is 0.292 e. The van der Waals surface area contributed by atoms with Crippen molar-refractivity contribution in [2.45, 2.75) is 154 Å². The summed E-state index contributed by atoms with van der Waals surface area (Å²) in [5, 5.41) is 7.26. The summed E-state index contributed by atoms with van der Waals surface area (Å²) in [5.74, 6) is 0.0689. The zero-order chi connectivity index (χ0) is 26.2. The second kappa shape index (κ2) is 33.5. The number of unbranched alkanes of at least 4 members (excludes halogenated alkanes) is 17. The number of aliphatic hydroxyl groups excluding tert-OH is 1. The lowest BCUT2D eigenvalue weighted by atomic mass is 10.0. The molecular formula is C28H58O5SSi. The van der Waals surface area contributed by atoms with Crippen LogP contribution in [0.1, 0.15) is 142 Å². The van der Waals surface area contributed by atoms with E-state index in [9.17, 15) is 4.79 Å². The van der Waals surface area contributed by atoms with E-state index in [0.29, 0.717) is 12.0 Å². The number of rotatable bonds is 26. The summed E-state index contributed by atoms with van der Waals surface area (Å²) >= 11 is 3.82. The lowest BCUT2D eigenvalue weighted by Crippen LogP contribution is -2.12. The quantitative estimate of drug-likeness (QED) is 0.0520. The fraction of sp³-hybridized carbons (Fsp3) is 0.929. The number of methoxy groups -OCH3 is 2. The lowest BCUT2D eigenvalue weighted by Gasteiger charge is -2.12. The Balaban J connectivity index is 0. The van der Waals surface area contributed by atoms with Gasteiger partial charge in [0.05, 0.1) is 0 Å². The first-order valence-electron chi connectivity index (χ1n) is 14.4. The standard InChI is InChI=1S/C27H56O4Si.CH2OS/c1-4-5-6-19-22-25-32-31-26(28)23-20-17-15-13-11-9-7-8-10-12-14-16-18-21-24-27(29-2)30-3;2-1-3/h27H,4-25,32H2,1-3H3;1H,(H,2,3). The molecule has 0 saturated heterocycles. The molecule has 210 valence electrons. The Bertz CT molecular complexity index is 422. The fourth-order valence-electron chi connectivity index (χ4n) is 4.17. The summed E-state index contributed by atoms with van der Waals surface area (Å²) in [6.45, 7) is 2.24. The van der Waals surface area contributed by atoms with Gasteiger partial charge in [-0.1, -0.05) is 116 Å². The van der Waals surface area contributed by atoms with Crippen molar-refractivity contribution in [3.8, 4) is 0 Å². The van der Waals surface area contributed by atoms with Gasteiger partial charge in [0.1, 0.15) is 5.55 Å². The van der Waals surface area contributed by atoms with Crippen LogP contribution in [0.15, 0.2) is 0 Å². The molecule has 0 aliphatic carbocycles. The van der Waals surface area contributed by atoms with Crippen LogP contribution >= 0.6 is 12.2 Å². The summed E-state index contributed by atoms with van der Waals surface area (Å²) in [5.41, 5.74) is 0.583. The number of ether oxygens (including phenoxy) is 2. The van der Waals surface area contributed by atoms with Gasteiger partial charge in [0.15, 0.2) is 6.29 Å². The lowest BCUT2D eigenvalue weighted by molar-refractivity contribution is -0.134. The second-order valence-electron chi connectivity index (χ2n) is 9.48. The molecule has 0 radical (unpaired) electrons. The number of carbonyl (C=O) groups excluding carboxylic acids is 1. The van der Waals surface area contributed by atoms with Crippen molar-refractivity contribution < 1.29 is 23.8 Å². The maximum Gasteiger partial charge on any atom is 0.292 e. The van der Waals surface area contributed by atoms with Gasteiger partial charge in [-0.25, -0.2) is 0 Å². The van der Waals surface area contributed by atoms with E-state index < -0.39 is 9.76 Å². The van der Waals surface area contributed by atoms with Gasteiger partial charge < -0.3 is 19.0 Å². The van der Waals surface area contributed by atoms with Gasteiger partial charge in [0.2, 0.25) is 9.76 Å². The topological polar surface area (TPSA) is 65.0 Å². The molecule has 0 aromatic carbocycles. The van der Waals surface area contributed by atoms with E-state index >= 15 is 0 Å². The molecule has 0 aliphatic heterocycles. The first kappa shape index (κ1) is 36.7. The summed E-state index contributed by atoms with van der Waals surface area (Å²) in [6, 6.07) is 1.17. The number of hydrogen-bond acceptors (Lipinski definition) is 5. The summed E-state index contributed by atoms with van der Waals surface area (Å²) in [7, 11) is 2.83. The normalized spacial score (nSPS) is 11.1. The predicted molar refractivity (Wildman–Crippen MR) is 156 cm³/mol. The highest BCUT2D eigenvalue weighted by Gasteiger charge is 2.04. The number of hydrogen-bond donors (Lipinski definition) is 1. The molecule has 7 heteroatoms. The molecular weight excluding hydrogens is 476 g/mol. The van der Waals surface area contributed by atoms with Crippen LogP contribution in [0.4, 0.5) is 0 Å². The Morgan fingerprint density at radius 3 is 1.60 bits per heavy atom. The summed E-state index contributed by atoms with van der Waals surface area (Å²) < 4.78 is 15.9. The minimum absolute atomic E-state index is 0.0206. The second-order valence-corrected chi connectivity index (χ2v) is 11.1. The molecule has 1 N–H and O–H groups in total. The minimum Gasteiger partial charge on any atom is -0.525 e. The average molecular weight is 535 g/mol. The monoisotopic (exact) mass is 534 g/mol. The SMILES string of the molecule is CCCCCCC[SiH2]OC(=O)CCCCCCCCCCCCCCCCC(OC)OC.OC=S. The number of thiocarbonyl (C=S) groups is 1. The van der Waals surface area contributed by atoms with Gasteiger partial charge in [-0.15, -0.1) is 0 Å². The molecule has 0 aromatic heterocycles. The molecule has 0 amide bonds. The van der Waals surface area contributed by atoms with Crippen molar-refractivity contribution >= 4 is 33.5 Å². The molecule has 0 heterocycles. The molecule has 0 aromatic rings. The zero-order valence-corrected chi connectivity index (χ0v) is 25.6. The highest BCUT2D eigenvalue weighted by Crippen LogP contribution is 2.14. The fourth-order valence-corrected chi connectivity index (χ4v) is 5.25. The molecule has 0 unspecified atom stereocenters. The summed E-state index contributed by atoms with van der Waals surface area (Å²) in [4.78, 5) is 11.8. The Kier molecular flexibility index (Phi) is 35.1. The molecule has 0 bridgehead atoms. The van der Waals surface area contributed by atoms with E-state index in [0.717, 1.165) is 12.8 Å². The molecule has 0 aliphatic rings. The van der Waals surface area contributed by atoms with Gasteiger partial charge in [0.25, 0.3) is 5.97 Å². The molecule has 0 atom stereocenters. The van der Waals surface area contributed by atoms with Crippen LogP contribution < -0.4 is 0 Å². The van der Waals surface area contributed by atoms with Gasteiger partial charge in [-0.3, -0.25) is 4.79 Å². The molecule has 5 nitrogen and oxygen atoms in total. The first-order chi connectivity index (χ1) is 17.2. The van der Waals surface area contributed by atoms with Crippen LogP contribution in [0, 0.1) is 0 Å². The molecule has 0 saturated carbocycles. The molecule has 0 rings (SSSR count). The van der Waals surface area contributed by atoms with E-state index in [4.69, 9.17) is 19.0 Å². The van der Waals surface area contributed by atoms with Crippen molar-refractivity contribution in [1.29, 1.82) is 0 Å².